The van der Waals surface area contributed by atoms with Gasteiger partial charge in [-0.15, -0.1) is 0 Å². The average molecular weight is 281 g/mol. The fraction of sp³-hybridized carbons (Fsp3) is 0.200. The maximum atomic E-state index is 12.9. The lowest BCUT2D eigenvalue weighted by Crippen LogP contribution is -2.09. The number of rotatable bonds is 3. The van der Waals surface area contributed by atoms with Crippen LogP contribution < -0.4 is 10.5 Å². The van der Waals surface area contributed by atoms with Crippen LogP contribution >= 0.6 is 0 Å². The van der Waals surface area contributed by atoms with Gasteiger partial charge in [-0.1, -0.05) is 30.3 Å². The molecule has 1 atom stereocenters. The maximum Gasteiger partial charge on any atom is 0.419 e. The van der Waals surface area contributed by atoms with Crippen molar-refractivity contribution < 1.29 is 17.9 Å². The van der Waals surface area contributed by atoms with E-state index in [4.69, 9.17) is 10.5 Å². The first-order valence-corrected chi connectivity index (χ1v) is 6.08. The van der Waals surface area contributed by atoms with Crippen LogP contribution in [0.4, 0.5) is 13.2 Å². The van der Waals surface area contributed by atoms with E-state index >= 15 is 0 Å². The van der Waals surface area contributed by atoms with E-state index in [9.17, 15) is 13.2 Å². The van der Waals surface area contributed by atoms with Gasteiger partial charge < -0.3 is 10.5 Å². The maximum absolute atomic E-state index is 12.9. The summed E-state index contributed by atoms with van der Waals surface area (Å²) in [5, 5.41) is 0. The molecule has 20 heavy (non-hydrogen) atoms. The molecule has 0 aliphatic heterocycles. The van der Waals surface area contributed by atoms with Crippen molar-refractivity contribution in [3.63, 3.8) is 0 Å². The number of alkyl halides is 3. The molecule has 2 aromatic carbocycles. The van der Waals surface area contributed by atoms with Crippen LogP contribution in [0.25, 0.3) is 0 Å². The molecule has 0 aromatic heterocycles. The van der Waals surface area contributed by atoms with Gasteiger partial charge in [-0.25, -0.2) is 0 Å². The summed E-state index contributed by atoms with van der Waals surface area (Å²) in [6.45, 7) is 1.75. The Morgan fingerprint density at radius 1 is 0.950 bits per heavy atom. The van der Waals surface area contributed by atoms with E-state index in [0.29, 0.717) is 11.3 Å². The Labute approximate surface area is 115 Å². The summed E-state index contributed by atoms with van der Waals surface area (Å²) in [4.78, 5) is 0. The Bertz CT molecular complexity index is 594. The summed E-state index contributed by atoms with van der Waals surface area (Å²) in [5.41, 5.74) is 5.64. The zero-order valence-corrected chi connectivity index (χ0v) is 10.8. The third-order valence-electron chi connectivity index (χ3n) is 2.82. The van der Waals surface area contributed by atoms with Gasteiger partial charge >= 0.3 is 6.18 Å². The summed E-state index contributed by atoms with van der Waals surface area (Å²) in [7, 11) is 0. The van der Waals surface area contributed by atoms with E-state index in [-0.39, 0.29) is 11.8 Å². The van der Waals surface area contributed by atoms with Crippen LogP contribution in [0.1, 0.15) is 24.1 Å². The van der Waals surface area contributed by atoms with Gasteiger partial charge in [-0.3, -0.25) is 0 Å². The Morgan fingerprint density at radius 2 is 1.50 bits per heavy atom. The number of ether oxygens (including phenoxy) is 1. The highest BCUT2D eigenvalue weighted by atomic mass is 19.4. The average Bonchev–Trinajstić information content (AvgIpc) is 2.38. The third-order valence-corrected chi connectivity index (χ3v) is 2.82. The Kier molecular flexibility index (Phi) is 3.99. The number of nitrogens with two attached hydrogens (primary N) is 1. The van der Waals surface area contributed by atoms with Crippen molar-refractivity contribution in [3.05, 3.63) is 59.7 Å². The van der Waals surface area contributed by atoms with Gasteiger partial charge in [0.2, 0.25) is 0 Å². The molecule has 2 aromatic rings. The molecule has 2 nitrogen and oxygen atoms in total. The Hall–Kier alpha value is -2.01. The van der Waals surface area contributed by atoms with Gasteiger partial charge in [0.25, 0.3) is 0 Å². The van der Waals surface area contributed by atoms with Crippen LogP contribution in [0.2, 0.25) is 0 Å². The van der Waals surface area contributed by atoms with Crippen molar-refractivity contribution >= 4 is 0 Å². The quantitative estimate of drug-likeness (QED) is 0.897. The first-order valence-electron chi connectivity index (χ1n) is 6.08. The van der Waals surface area contributed by atoms with Crippen LogP contribution in [-0.4, -0.2) is 0 Å². The smallest absolute Gasteiger partial charge is 0.419 e. The standard InChI is InChI=1S/C15H14F3NO/c1-10(19)11-6-2-4-8-13(11)20-14-9-5-3-7-12(14)15(16,17)18/h2-10H,19H2,1H3. The zero-order valence-electron chi connectivity index (χ0n) is 10.8. The largest absolute Gasteiger partial charge is 0.456 e. The summed E-state index contributed by atoms with van der Waals surface area (Å²) in [6.07, 6.45) is -4.46. The molecule has 2 rings (SSSR count). The molecule has 0 saturated heterocycles. The van der Waals surface area contributed by atoms with Crippen molar-refractivity contribution in [1.29, 1.82) is 0 Å². The molecule has 0 radical (unpaired) electrons. The van der Waals surface area contributed by atoms with Crippen molar-refractivity contribution in [1.82, 2.24) is 0 Å². The van der Waals surface area contributed by atoms with E-state index in [1.807, 2.05) is 0 Å². The van der Waals surface area contributed by atoms with E-state index in [1.54, 1.807) is 31.2 Å². The third kappa shape index (κ3) is 3.11. The van der Waals surface area contributed by atoms with Gasteiger partial charge in [0.1, 0.15) is 11.5 Å². The molecular formula is C15H14F3NO. The number of halogens is 3. The summed E-state index contributed by atoms with van der Waals surface area (Å²) in [6, 6.07) is 11.6. The highest BCUT2D eigenvalue weighted by Crippen LogP contribution is 2.39. The molecular weight excluding hydrogens is 267 g/mol. The second-order valence-electron chi connectivity index (χ2n) is 4.42. The highest BCUT2D eigenvalue weighted by molar-refractivity contribution is 5.43. The van der Waals surface area contributed by atoms with Crippen molar-refractivity contribution in [2.24, 2.45) is 5.73 Å². The van der Waals surface area contributed by atoms with Crippen molar-refractivity contribution in [2.45, 2.75) is 19.1 Å². The topological polar surface area (TPSA) is 35.2 Å². The predicted octanol–water partition coefficient (Wildman–Crippen LogP) is 4.52. The number of benzene rings is 2. The molecule has 0 spiro atoms. The van der Waals surface area contributed by atoms with E-state index in [1.165, 1.54) is 18.2 Å². The van der Waals surface area contributed by atoms with Gasteiger partial charge in [-0.05, 0) is 25.1 Å². The first kappa shape index (κ1) is 14.4. The minimum absolute atomic E-state index is 0.229. The SMILES string of the molecule is CC(N)c1ccccc1Oc1ccccc1C(F)(F)F. The normalized spacial score (nSPS) is 13.1. The van der Waals surface area contributed by atoms with Crippen LogP contribution in [0.15, 0.2) is 48.5 Å². The number of hydrogen-bond donors (Lipinski definition) is 1. The molecule has 0 fully saturated rings. The molecule has 0 amide bonds. The minimum atomic E-state index is -4.46. The van der Waals surface area contributed by atoms with E-state index in [0.717, 1.165) is 6.07 Å². The summed E-state index contributed by atoms with van der Waals surface area (Å²) < 4.78 is 44.1. The van der Waals surface area contributed by atoms with Crippen LogP contribution in [0, 0.1) is 0 Å². The van der Waals surface area contributed by atoms with Gasteiger partial charge in [0.05, 0.1) is 5.56 Å². The minimum Gasteiger partial charge on any atom is -0.456 e. The van der Waals surface area contributed by atoms with Crippen molar-refractivity contribution in [3.8, 4) is 11.5 Å². The fourth-order valence-electron chi connectivity index (χ4n) is 1.86. The molecule has 5 heteroatoms. The van der Waals surface area contributed by atoms with E-state index in [2.05, 4.69) is 0 Å². The molecule has 0 saturated carbocycles. The molecule has 106 valence electrons. The molecule has 0 heterocycles. The Balaban J connectivity index is 2.41. The lowest BCUT2D eigenvalue weighted by atomic mass is 10.1. The highest BCUT2D eigenvalue weighted by Gasteiger charge is 2.34. The fourth-order valence-corrected chi connectivity index (χ4v) is 1.86. The Morgan fingerprint density at radius 3 is 2.10 bits per heavy atom. The second kappa shape index (κ2) is 5.54. The summed E-state index contributed by atoms with van der Waals surface area (Å²) >= 11 is 0. The predicted molar refractivity (Wildman–Crippen MR) is 70.6 cm³/mol. The second-order valence-corrected chi connectivity index (χ2v) is 4.42. The lowest BCUT2D eigenvalue weighted by molar-refractivity contribution is -0.138. The lowest BCUT2D eigenvalue weighted by Gasteiger charge is -2.16. The van der Waals surface area contributed by atoms with Crippen molar-refractivity contribution in [2.75, 3.05) is 0 Å². The molecule has 0 aliphatic rings. The molecule has 2 N–H and O–H groups in total. The first-order chi connectivity index (χ1) is 9.39. The molecule has 1 unspecified atom stereocenters. The van der Waals surface area contributed by atoms with Gasteiger partial charge in [0.15, 0.2) is 0 Å². The summed E-state index contributed by atoms with van der Waals surface area (Å²) in [5.74, 6) is 0.104. The van der Waals surface area contributed by atoms with E-state index < -0.39 is 11.7 Å². The van der Waals surface area contributed by atoms with Gasteiger partial charge in [-0.2, -0.15) is 13.2 Å². The number of para-hydroxylation sites is 2. The monoisotopic (exact) mass is 281 g/mol. The molecule has 0 bridgehead atoms. The van der Waals surface area contributed by atoms with Crippen LogP contribution in [-0.2, 0) is 6.18 Å². The zero-order chi connectivity index (χ0) is 14.8. The van der Waals surface area contributed by atoms with Crippen LogP contribution in [0.5, 0.6) is 11.5 Å². The number of hydrogen-bond acceptors (Lipinski definition) is 2. The van der Waals surface area contributed by atoms with Gasteiger partial charge in [0, 0.05) is 11.6 Å². The van der Waals surface area contributed by atoms with Crippen LogP contribution in [0.3, 0.4) is 0 Å². The molecule has 0 aliphatic carbocycles.